The summed E-state index contributed by atoms with van der Waals surface area (Å²) in [6.45, 7) is 3.46. The van der Waals surface area contributed by atoms with E-state index in [4.69, 9.17) is 5.11 Å². The van der Waals surface area contributed by atoms with Crippen molar-refractivity contribution in [3.05, 3.63) is 34.3 Å². The van der Waals surface area contributed by atoms with Crippen LogP contribution in [0.5, 0.6) is 0 Å². The van der Waals surface area contributed by atoms with Gasteiger partial charge in [0.2, 0.25) is 0 Å². The van der Waals surface area contributed by atoms with Crippen molar-refractivity contribution in [1.82, 2.24) is 5.32 Å². The predicted molar refractivity (Wildman–Crippen MR) is 78.5 cm³/mol. The maximum absolute atomic E-state index is 8.94. The van der Waals surface area contributed by atoms with Crippen LogP contribution >= 0.6 is 15.9 Å². The lowest BCUT2D eigenvalue weighted by Gasteiger charge is -2.21. The molecule has 2 rings (SSSR count). The first-order chi connectivity index (χ1) is 8.70. The fourth-order valence-electron chi connectivity index (χ4n) is 2.31. The van der Waals surface area contributed by atoms with Crippen molar-refractivity contribution in [3.63, 3.8) is 0 Å². The fraction of sp³-hybridized carbons (Fsp3) is 0.600. The van der Waals surface area contributed by atoms with E-state index in [-0.39, 0.29) is 6.61 Å². The van der Waals surface area contributed by atoms with Crippen LogP contribution in [0.1, 0.15) is 37.8 Å². The summed E-state index contributed by atoms with van der Waals surface area (Å²) < 4.78 is 1.13. The van der Waals surface area contributed by atoms with Crippen molar-refractivity contribution >= 4 is 15.9 Å². The zero-order valence-corrected chi connectivity index (χ0v) is 12.5. The Balaban J connectivity index is 1.94. The van der Waals surface area contributed by atoms with Crippen LogP contribution in [0.25, 0.3) is 0 Å². The molecule has 0 aliphatic heterocycles. The van der Waals surface area contributed by atoms with E-state index in [0.29, 0.717) is 12.0 Å². The summed E-state index contributed by atoms with van der Waals surface area (Å²) >= 11 is 3.48. The number of nitrogens with one attached hydrogen (secondary N) is 1. The van der Waals surface area contributed by atoms with Gasteiger partial charge in [0, 0.05) is 17.1 Å². The Morgan fingerprint density at radius 1 is 1.33 bits per heavy atom. The Morgan fingerprint density at radius 2 is 2.00 bits per heavy atom. The van der Waals surface area contributed by atoms with Gasteiger partial charge in [-0.05, 0) is 55.3 Å². The van der Waals surface area contributed by atoms with Gasteiger partial charge in [0.05, 0.1) is 0 Å². The van der Waals surface area contributed by atoms with E-state index in [2.05, 4.69) is 52.4 Å². The van der Waals surface area contributed by atoms with Crippen molar-refractivity contribution < 1.29 is 5.11 Å². The largest absolute Gasteiger partial charge is 0.396 e. The predicted octanol–water partition coefficient (Wildman–Crippen LogP) is 3.51. The molecule has 1 aromatic rings. The molecule has 1 saturated carbocycles. The van der Waals surface area contributed by atoms with Gasteiger partial charge in [-0.1, -0.05) is 35.0 Å². The maximum atomic E-state index is 8.94. The monoisotopic (exact) mass is 311 g/mol. The van der Waals surface area contributed by atoms with Gasteiger partial charge in [-0.3, -0.25) is 0 Å². The summed E-state index contributed by atoms with van der Waals surface area (Å²) in [5, 5.41) is 12.6. The summed E-state index contributed by atoms with van der Waals surface area (Å²) in [6.07, 6.45) is 3.55. The number of benzene rings is 1. The van der Waals surface area contributed by atoms with Crippen LogP contribution in [0.3, 0.4) is 0 Å². The third kappa shape index (κ3) is 4.08. The van der Waals surface area contributed by atoms with Crippen molar-refractivity contribution in [2.24, 2.45) is 11.8 Å². The van der Waals surface area contributed by atoms with E-state index in [1.165, 1.54) is 18.4 Å². The zero-order valence-electron chi connectivity index (χ0n) is 10.9. The lowest BCUT2D eigenvalue weighted by molar-refractivity contribution is 0.256. The van der Waals surface area contributed by atoms with Gasteiger partial charge < -0.3 is 10.4 Å². The first-order valence-corrected chi connectivity index (χ1v) is 7.59. The molecule has 0 radical (unpaired) electrons. The smallest absolute Gasteiger partial charge is 0.0434 e. The Morgan fingerprint density at radius 3 is 2.56 bits per heavy atom. The molecule has 0 heterocycles. The molecule has 18 heavy (non-hydrogen) atoms. The Kier molecular flexibility index (Phi) is 5.22. The van der Waals surface area contributed by atoms with Crippen LogP contribution in [-0.4, -0.2) is 18.3 Å². The molecule has 0 aromatic heterocycles. The summed E-state index contributed by atoms with van der Waals surface area (Å²) in [4.78, 5) is 0. The van der Waals surface area contributed by atoms with Crippen molar-refractivity contribution in [2.75, 3.05) is 13.2 Å². The fourth-order valence-corrected chi connectivity index (χ4v) is 2.57. The van der Waals surface area contributed by atoms with Gasteiger partial charge in [-0.25, -0.2) is 0 Å². The molecule has 1 aliphatic rings. The zero-order chi connectivity index (χ0) is 13.0. The standard InChI is InChI=1S/C15H22BrNO/c1-11(8-9-18)10-17-15(12-2-3-12)13-4-6-14(16)7-5-13/h4-7,11-12,15,17-18H,2-3,8-10H2,1H3. The molecular weight excluding hydrogens is 290 g/mol. The van der Waals surface area contributed by atoms with Crippen molar-refractivity contribution in [2.45, 2.75) is 32.2 Å². The molecule has 2 N–H and O–H groups in total. The highest BCUT2D eigenvalue weighted by molar-refractivity contribution is 9.10. The van der Waals surface area contributed by atoms with Gasteiger partial charge in [-0.2, -0.15) is 0 Å². The number of rotatable bonds is 7. The molecule has 0 bridgehead atoms. The Hall–Kier alpha value is -0.380. The lowest BCUT2D eigenvalue weighted by atomic mass is 10.0. The van der Waals surface area contributed by atoms with Crippen LogP contribution in [-0.2, 0) is 0 Å². The molecule has 2 atom stereocenters. The van der Waals surface area contributed by atoms with E-state index >= 15 is 0 Å². The summed E-state index contributed by atoms with van der Waals surface area (Å²) in [5.74, 6) is 1.33. The van der Waals surface area contributed by atoms with E-state index in [1.807, 2.05) is 0 Å². The minimum atomic E-state index is 0.287. The highest BCUT2D eigenvalue weighted by Gasteiger charge is 2.32. The Bertz CT molecular complexity index is 361. The number of halogens is 1. The minimum Gasteiger partial charge on any atom is -0.396 e. The average molecular weight is 312 g/mol. The number of aliphatic hydroxyl groups is 1. The van der Waals surface area contributed by atoms with E-state index < -0.39 is 0 Å². The molecule has 0 amide bonds. The molecule has 1 aliphatic carbocycles. The first-order valence-electron chi connectivity index (χ1n) is 6.80. The van der Waals surface area contributed by atoms with Crippen LogP contribution < -0.4 is 5.32 Å². The first kappa shape index (κ1) is 14.0. The Labute approximate surface area is 118 Å². The molecule has 2 unspecified atom stereocenters. The van der Waals surface area contributed by atoms with Gasteiger partial charge in [0.25, 0.3) is 0 Å². The van der Waals surface area contributed by atoms with Gasteiger partial charge in [0.15, 0.2) is 0 Å². The lowest BCUT2D eigenvalue weighted by Crippen LogP contribution is -2.28. The second-order valence-electron chi connectivity index (χ2n) is 5.39. The number of aliphatic hydroxyl groups excluding tert-OH is 1. The molecule has 3 heteroatoms. The SMILES string of the molecule is CC(CCO)CNC(c1ccc(Br)cc1)C1CC1. The number of hydrogen-bond donors (Lipinski definition) is 2. The van der Waals surface area contributed by atoms with Crippen molar-refractivity contribution in [3.8, 4) is 0 Å². The topological polar surface area (TPSA) is 32.3 Å². The highest BCUT2D eigenvalue weighted by atomic mass is 79.9. The summed E-state index contributed by atoms with van der Waals surface area (Å²) in [7, 11) is 0. The molecule has 1 aromatic carbocycles. The molecule has 0 spiro atoms. The summed E-state index contributed by atoms with van der Waals surface area (Å²) in [5.41, 5.74) is 1.39. The minimum absolute atomic E-state index is 0.287. The average Bonchev–Trinajstić information content (AvgIpc) is 3.16. The van der Waals surface area contributed by atoms with Crippen molar-refractivity contribution in [1.29, 1.82) is 0 Å². The molecular formula is C15H22BrNO. The van der Waals surface area contributed by atoms with Crippen LogP contribution in [0.2, 0.25) is 0 Å². The van der Waals surface area contributed by atoms with Crippen LogP contribution in [0.4, 0.5) is 0 Å². The van der Waals surface area contributed by atoms with Gasteiger partial charge in [0.1, 0.15) is 0 Å². The second kappa shape index (κ2) is 6.69. The van der Waals surface area contributed by atoms with E-state index in [1.54, 1.807) is 0 Å². The third-order valence-corrected chi connectivity index (χ3v) is 4.16. The van der Waals surface area contributed by atoms with Crippen LogP contribution in [0, 0.1) is 11.8 Å². The third-order valence-electron chi connectivity index (χ3n) is 3.63. The van der Waals surface area contributed by atoms with Gasteiger partial charge >= 0.3 is 0 Å². The molecule has 2 nitrogen and oxygen atoms in total. The van der Waals surface area contributed by atoms with E-state index in [0.717, 1.165) is 23.4 Å². The van der Waals surface area contributed by atoms with Gasteiger partial charge in [-0.15, -0.1) is 0 Å². The van der Waals surface area contributed by atoms with E-state index in [9.17, 15) is 0 Å². The molecule has 100 valence electrons. The second-order valence-corrected chi connectivity index (χ2v) is 6.31. The highest BCUT2D eigenvalue weighted by Crippen LogP contribution is 2.41. The summed E-state index contributed by atoms with van der Waals surface area (Å²) in [6, 6.07) is 9.12. The normalized spacial score (nSPS) is 18.6. The number of hydrogen-bond acceptors (Lipinski definition) is 2. The molecule has 1 fully saturated rings. The van der Waals surface area contributed by atoms with Crippen LogP contribution in [0.15, 0.2) is 28.7 Å². The molecule has 0 saturated heterocycles. The quantitative estimate of drug-likeness (QED) is 0.807. The maximum Gasteiger partial charge on any atom is 0.0434 e.